The van der Waals surface area contributed by atoms with Crippen LogP contribution in [0.2, 0.25) is 0 Å². The molecule has 2 aromatic rings. The Morgan fingerprint density at radius 2 is 1.92 bits per heavy atom. The number of anilines is 2. The number of pyridine rings is 1. The summed E-state index contributed by atoms with van der Waals surface area (Å²) in [6, 6.07) is 2.74. The van der Waals surface area contributed by atoms with Crippen LogP contribution < -0.4 is 15.8 Å². The standard InChI is InChI=1S/C23H30F4N6OS2/c1-21(2,36(29)34)12-14-15(24)5-6-22(14)7-10-33(11-8-22)17-13-31-20(19(28)32-17)35-16-4-3-9-30-18(16)23(25,26)27/h3-4,9,13-15H,5-8,10-12,29H2,1-2H3,(H2,28,32). The first kappa shape index (κ1) is 27.1. The van der Waals surface area contributed by atoms with Crippen molar-refractivity contribution in [3.8, 4) is 0 Å². The van der Waals surface area contributed by atoms with Crippen LogP contribution in [0.15, 0.2) is 34.4 Å². The second-order valence-electron chi connectivity index (χ2n) is 10.1. The van der Waals surface area contributed by atoms with Gasteiger partial charge in [0.25, 0.3) is 0 Å². The van der Waals surface area contributed by atoms with Crippen LogP contribution in [0.4, 0.5) is 29.2 Å². The van der Waals surface area contributed by atoms with Gasteiger partial charge in [0.2, 0.25) is 0 Å². The van der Waals surface area contributed by atoms with Crippen molar-refractivity contribution >= 4 is 34.4 Å². The van der Waals surface area contributed by atoms with Crippen molar-refractivity contribution in [1.82, 2.24) is 15.0 Å². The van der Waals surface area contributed by atoms with Crippen molar-refractivity contribution in [3.05, 3.63) is 30.2 Å². The molecule has 0 aromatic carbocycles. The van der Waals surface area contributed by atoms with E-state index < -0.39 is 33.8 Å². The zero-order chi connectivity index (χ0) is 26.3. The lowest BCUT2D eigenvalue weighted by atomic mass is 9.68. The van der Waals surface area contributed by atoms with Crippen molar-refractivity contribution in [2.75, 3.05) is 23.7 Å². The highest BCUT2D eigenvalue weighted by Crippen LogP contribution is 2.54. The molecule has 0 radical (unpaired) electrons. The predicted molar refractivity (Wildman–Crippen MR) is 132 cm³/mol. The lowest BCUT2D eigenvalue weighted by Gasteiger charge is -2.45. The fraction of sp³-hybridized carbons (Fsp3) is 0.609. The molecule has 1 spiro atoms. The molecule has 4 N–H and O–H groups in total. The summed E-state index contributed by atoms with van der Waals surface area (Å²) in [4.78, 5) is 14.1. The Morgan fingerprint density at radius 1 is 1.22 bits per heavy atom. The topological polar surface area (TPSA) is 111 Å². The first-order valence-corrected chi connectivity index (χ1v) is 13.7. The van der Waals surface area contributed by atoms with Gasteiger partial charge in [0.15, 0.2) is 11.5 Å². The monoisotopic (exact) mass is 546 g/mol. The maximum absolute atomic E-state index is 14.9. The number of aromatic nitrogens is 3. The molecule has 0 bridgehead atoms. The van der Waals surface area contributed by atoms with Gasteiger partial charge >= 0.3 is 6.18 Å². The second-order valence-corrected chi connectivity index (χ2v) is 12.9. The number of nitrogens with two attached hydrogens (primary N) is 2. The van der Waals surface area contributed by atoms with Gasteiger partial charge in [0.05, 0.1) is 21.9 Å². The van der Waals surface area contributed by atoms with Crippen molar-refractivity contribution < 1.29 is 21.8 Å². The molecule has 4 rings (SSSR count). The molecule has 3 atom stereocenters. The Morgan fingerprint density at radius 3 is 2.53 bits per heavy atom. The Balaban J connectivity index is 1.46. The van der Waals surface area contributed by atoms with Gasteiger partial charge < -0.3 is 10.6 Å². The largest absolute Gasteiger partial charge is 0.434 e. The van der Waals surface area contributed by atoms with Crippen LogP contribution >= 0.6 is 11.8 Å². The molecule has 7 nitrogen and oxygen atoms in total. The minimum absolute atomic E-state index is 0.0319. The van der Waals surface area contributed by atoms with Crippen LogP contribution in [0.3, 0.4) is 0 Å². The second kappa shape index (κ2) is 10.1. The molecule has 1 aliphatic carbocycles. The molecule has 13 heteroatoms. The molecule has 1 saturated heterocycles. The summed E-state index contributed by atoms with van der Waals surface area (Å²) in [5.74, 6) is 0.354. The van der Waals surface area contributed by atoms with Gasteiger partial charge in [-0.25, -0.2) is 18.6 Å². The van der Waals surface area contributed by atoms with Crippen molar-refractivity contribution in [2.45, 2.75) is 73.0 Å². The molecule has 1 aliphatic heterocycles. The molecule has 2 aliphatic rings. The molecule has 0 amide bonds. The maximum atomic E-state index is 14.9. The molecule has 36 heavy (non-hydrogen) atoms. The third-order valence-electron chi connectivity index (χ3n) is 7.48. The lowest BCUT2D eigenvalue weighted by Crippen LogP contribution is -2.46. The fourth-order valence-corrected chi connectivity index (χ4v) is 6.58. The van der Waals surface area contributed by atoms with Crippen LogP contribution in [-0.2, 0) is 17.2 Å². The van der Waals surface area contributed by atoms with E-state index in [4.69, 9.17) is 10.9 Å². The number of alkyl halides is 4. The lowest BCUT2D eigenvalue weighted by molar-refractivity contribution is -0.143. The molecule has 198 valence electrons. The first-order chi connectivity index (χ1) is 16.8. The molecule has 3 unspecified atom stereocenters. The average Bonchev–Trinajstić information content (AvgIpc) is 3.10. The highest BCUT2D eigenvalue weighted by molar-refractivity contribution is 7.99. The van der Waals surface area contributed by atoms with E-state index in [9.17, 15) is 21.8 Å². The Kier molecular flexibility index (Phi) is 7.55. The summed E-state index contributed by atoms with van der Waals surface area (Å²) >= 11 is 0.770. The minimum atomic E-state index is -4.60. The highest BCUT2D eigenvalue weighted by Gasteiger charge is 2.52. The highest BCUT2D eigenvalue weighted by atomic mass is 32.2. The zero-order valence-electron chi connectivity index (χ0n) is 20.1. The van der Waals surface area contributed by atoms with Gasteiger partial charge in [-0.05, 0) is 69.4 Å². The van der Waals surface area contributed by atoms with E-state index in [0.717, 1.165) is 37.2 Å². The number of halogens is 4. The summed E-state index contributed by atoms with van der Waals surface area (Å²) in [5.41, 5.74) is 4.89. The van der Waals surface area contributed by atoms with E-state index in [0.29, 0.717) is 31.7 Å². The van der Waals surface area contributed by atoms with Crippen molar-refractivity contribution in [2.24, 2.45) is 16.5 Å². The van der Waals surface area contributed by atoms with Gasteiger partial charge in [-0.2, -0.15) is 13.2 Å². The van der Waals surface area contributed by atoms with Crippen LogP contribution in [0, 0.1) is 11.3 Å². The van der Waals surface area contributed by atoms with Gasteiger partial charge in [-0.15, -0.1) is 0 Å². The quantitative estimate of drug-likeness (QED) is 0.503. The number of rotatable bonds is 6. The third-order valence-corrected chi connectivity index (χ3v) is 9.79. The van der Waals surface area contributed by atoms with Crippen molar-refractivity contribution in [1.29, 1.82) is 0 Å². The Hall–Kier alpha value is -1.99. The van der Waals surface area contributed by atoms with E-state index in [1.54, 1.807) is 0 Å². The van der Waals surface area contributed by atoms with Gasteiger partial charge in [-0.1, -0.05) is 11.8 Å². The zero-order valence-corrected chi connectivity index (χ0v) is 21.7. The summed E-state index contributed by atoms with van der Waals surface area (Å²) < 4.78 is 66.1. The summed E-state index contributed by atoms with van der Waals surface area (Å²) in [6.07, 6.45) is 0.268. The van der Waals surface area contributed by atoms with Gasteiger partial charge in [-0.3, -0.25) is 10.1 Å². The van der Waals surface area contributed by atoms with E-state index in [1.807, 2.05) is 18.7 Å². The van der Waals surface area contributed by atoms with Crippen LogP contribution in [0.25, 0.3) is 0 Å². The predicted octanol–water partition coefficient (Wildman–Crippen LogP) is 4.75. The van der Waals surface area contributed by atoms with E-state index >= 15 is 0 Å². The van der Waals surface area contributed by atoms with E-state index in [1.165, 1.54) is 18.3 Å². The van der Waals surface area contributed by atoms with Crippen LogP contribution in [0.5, 0.6) is 0 Å². The molecule has 1 saturated carbocycles. The number of hydrogen-bond donors (Lipinski definition) is 2. The Bertz CT molecular complexity index is 1120. The average molecular weight is 547 g/mol. The number of piperidine rings is 1. The van der Waals surface area contributed by atoms with Crippen LogP contribution in [-0.4, -0.2) is 43.2 Å². The minimum Gasteiger partial charge on any atom is -0.381 e. The third kappa shape index (κ3) is 5.47. The normalized spacial score (nSPS) is 23.2. The molecule has 3 heterocycles. The number of nitrogens with zero attached hydrogens (tertiary/aromatic N) is 4. The molecule has 2 fully saturated rings. The van der Waals surface area contributed by atoms with Gasteiger partial charge in [0, 0.05) is 24.2 Å². The fourth-order valence-electron chi connectivity index (χ4n) is 5.36. The van der Waals surface area contributed by atoms with Crippen molar-refractivity contribution in [3.63, 3.8) is 0 Å². The van der Waals surface area contributed by atoms with Crippen LogP contribution in [0.1, 0.15) is 51.6 Å². The first-order valence-electron chi connectivity index (χ1n) is 11.7. The van der Waals surface area contributed by atoms with Gasteiger partial charge in [0.1, 0.15) is 17.0 Å². The summed E-state index contributed by atoms with van der Waals surface area (Å²) in [6.45, 7) is 4.88. The Labute approximate surface area is 214 Å². The van der Waals surface area contributed by atoms with E-state index in [2.05, 4.69) is 15.0 Å². The van der Waals surface area contributed by atoms with E-state index in [-0.39, 0.29) is 27.1 Å². The molecular weight excluding hydrogens is 516 g/mol. The maximum Gasteiger partial charge on any atom is 0.434 e. The smallest absolute Gasteiger partial charge is 0.381 e. The summed E-state index contributed by atoms with van der Waals surface area (Å²) in [7, 11) is -1.55. The number of nitrogen functional groups attached to an aromatic ring is 1. The SMILES string of the molecule is CC(C)(CC1C(F)CCC12CCN(c1cnc(Sc3cccnc3C(F)(F)F)c(N)n1)CC2)S(N)=O. The summed E-state index contributed by atoms with van der Waals surface area (Å²) in [5, 5.41) is 5.83. The molecule has 2 aromatic heterocycles. The molecular formula is C23H30F4N6OS2. The number of hydrogen-bond acceptors (Lipinski definition) is 7.